The summed E-state index contributed by atoms with van der Waals surface area (Å²) in [5.41, 5.74) is 1.13. The second-order valence-corrected chi connectivity index (χ2v) is 6.29. The van der Waals surface area contributed by atoms with Gasteiger partial charge >= 0.3 is 0 Å². The van der Waals surface area contributed by atoms with Crippen LogP contribution in [-0.2, 0) is 0 Å². The quantitative estimate of drug-likeness (QED) is 0.826. The van der Waals surface area contributed by atoms with Crippen molar-refractivity contribution in [2.24, 2.45) is 0 Å². The lowest BCUT2D eigenvalue weighted by atomic mass is 9.95. The molecule has 138 valence electrons. The fraction of sp³-hybridized carbons (Fsp3) is 0.421. The Morgan fingerprint density at radius 2 is 1.81 bits per heavy atom. The van der Waals surface area contributed by atoms with Crippen LogP contribution >= 0.6 is 0 Å². The van der Waals surface area contributed by atoms with E-state index >= 15 is 0 Å². The van der Waals surface area contributed by atoms with E-state index in [1.54, 1.807) is 26.4 Å². The van der Waals surface area contributed by atoms with Gasteiger partial charge in [0.15, 0.2) is 11.5 Å². The molecule has 7 heteroatoms. The number of aromatic nitrogens is 2. The fourth-order valence-corrected chi connectivity index (χ4v) is 3.12. The molecular weight excluding hydrogens is 332 g/mol. The smallest absolute Gasteiger partial charge is 0.270 e. The molecule has 1 aliphatic rings. The SMILES string of the molecule is COc1ccc(Nc2cc(C(=O)NC3CCCCC3)ncn2)cc1OC. The normalized spacial score (nSPS) is 14.5. The number of hydrogen-bond donors (Lipinski definition) is 2. The van der Waals surface area contributed by atoms with Gasteiger partial charge in [-0.1, -0.05) is 19.3 Å². The Hall–Kier alpha value is -2.83. The van der Waals surface area contributed by atoms with Gasteiger partial charge in [-0.2, -0.15) is 0 Å². The van der Waals surface area contributed by atoms with Gasteiger partial charge in [0.2, 0.25) is 0 Å². The minimum atomic E-state index is -0.158. The number of benzene rings is 1. The first-order valence-electron chi connectivity index (χ1n) is 8.81. The average molecular weight is 356 g/mol. The van der Waals surface area contributed by atoms with Crippen LogP contribution in [0.2, 0.25) is 0 Å². The van der Waals surface area contributed by atoms with E-state index in [-0.39, 0.29) is 11.9 Å². The molecule has 1 aliphatic carbocycles. The summed E-state index contributed by atoms with van der Waals surface area (Å²) in [6.45, 7) is 0. The van der Waals surface area contributed by atoms with E-state index in [0.717, 1.165) is 18.5 Å². The predicted octanol–water partition coefficient (Wildman–Crippen LogP) is 3.30. The van der Waals surface area contributed by atoms with E-state index in [4.69, 9.17) is 9.47 Å². The molecule has 1 saturated carbocycles. The summed E-state index contributed by atoms with van der Waals surface area (Å²) in [7, 11) is 3.17. The molecule has 0 bridgehead atoms. The highest BCUT2D eigenvalue weighted by molar-refractivity contribution is 5.93. The van der Waals surface area contributed by atoms with Crippen molar-refractivity contribution in [1.29, 1.82) is 0 Å². The van der Waals surface area contributed by atoms with Gasteiger partial charge < -0.3 is 20.1 Å². The van der Waals surface area contributed by atoms with E-state index in [1.165, 1.54) is 25.6 Å². The summed E-state index contributed by atoms with van der Waals surface area (Å²) < 4.78 is 10.5. The van der Waals surface area contributed by atoms with Crippen molar-refractivity contribution in [1.82, 2.24) is 15.3 Å². The van der Waals surface area contributed by atoms with Crippen molar-refractivity contribution < 1.29 is 14.3 Å². The molecule has 1 aromatic carbocycles. The van der Waals surface area contributed by atoms with Crippen molar-refractivity contribution in [3.05, 3.63) is 36.3 Å². The lowest BCUT2D eigenvalue weighted by Gasteiger charge is -2.22. The molecule has 2 N–H and O–H groups in total. The maximum absolute atomic E-state index is 12.4. The first kappa shape index (κ1) is 18.0. The maximum Gasteiger partial charge on any atom is 0.270 e. The predicted molar refractivity (Wildman–Crippen MR) is 99.2 cm³/mol. The minimum Gasteiger partial charge on any atom is -0.493 e. The average Bonchev–Trinajstić information content (AvgIpc) is 2.69. The Kier molecular flexibility index (Phi) is 5.88. The second kappa shape index (κ2) is 8.51. The van der Waals surface area contributed by atoms with Crippen molar-refractivity contribution in [3.8, 4) is 11.5 Å². The number of nitrogens with one attached hydrogen (secondary N) is 2. The molecule has 0 unspecified atom stereocenters. The van der Waals surface area contributed by atoms with Gasteiger partial charge in [0, 0.05) is 23.9 Å². The third-order valence-corrected chi connectivity index (χ3v) is 4.50. The summed E-state index contributed by atoms with van der Waals surface area (Å²) in [5.74, 6) is 1.64. The number of nitrogens with zero attached hydrogens (tertiary/aromatic N) is 2. The highest BCUT2D eigenvalue weighted by Gasteiger charge is 2.17. The van der Waals surface area contributed by atoms with E-state index in [1.807, 2.05) is 12.1 Å². The number of carbonyl (C=O) groups excluding carboxylic acids is 1. The summed E-state index contributed by atoms with van der Waals surface area (Å²) in [6, 6.07) is 7.36. The zero-order valence-corrected chi connectivity index (χ0v) is 15.1. The molecule has 1 amide bonds. The van der Waals surface area contributed by atoms with Crippen molar-refractivity contribution in [3.63, 3.8) is 0 Å². The van der Waals surface area contributed by atoms with E-state index in [2.05, 4.69) is 20.6 Å². The van der Waals surface area contributed by atoms with Crippen LogP contribution in [0.5, 0.6) is 11.5 Å². The number of hydrogen-bond acceptors (Lipinski definition) is 6. The van der Waals surface area contributed by atoms with Gasteiger partial charge in [-0.25, -0.2) is 9.97 Å². The Labute approximate surface area is 153 Å². The fourth-order valence-electron chi connectivity index (χ4n) is 3.12. The van der Waals surface area contributed by atoms with Crippen molar-refractivity contribution in [2.45, 2.75) is 38.1 Å². The van der Waals surface area contributed by atoms with Crippen LogP contribution in [0.3, 0.4) is 0 Å². The number of carbonyl (C=O) groups is 1. The monoisotopic (exact) mass is 356 g/mol. The first-order valence-corrected chi connectivity index (χ1v) is 8.81. The molecule has 1 aromatic heterocycles. The van der Waals surface area contributed by atoms with Gasteiger partial charge in [0.25, 0.3) is 5.91 Å². The van der Waals surface area contributed by atoms with E-state index in [9.17, 15) is 4.79 Å². The molecule has 7 nitrogen and oxygen atoms in total. The molecule has 0 saturated heterocycles. The van der Waals surface area contributed by atoms with Crippen molar-refractivity contribution >= 4 is 17.4 Å². The highest BCUT2D eigenvalue weighted by atomic mass is 16.5. The summed E-state index contributed by atoms with van der Waals surface area (Å²) in [6.07, 6.45) is 7.04. The zero-order chi connectivity index (χ0) is 18.4. The lowest BCUT2D eigenvalue weighted by Crippen LogP contribution is -2.36. The van der Waals surface area contributed by atoms with Gasteiger partial charge in [-0.3, -0.25) is 4.79 Å². The van der Waals surface area contributed by atoms with Crippen LogP contribution in [0, 0.1) is 0 Å². The lowest BCUT2D eigenvalue weighted by molar-refractivity contribution is 0.0922. The molecular formula is C19H24N4O3. The molecule has 0 spiro atoms. The minimum absolute atomic E-state index is 0.158. The third-order valence-electron chi connectivity index (χ3n) is 4.50. The standard InChI is InChI=1S/C19H24N4O3/c1-25-16-9-8-14(10-17(16)26-2)22-18-11-15(20-12-21-18)19(24)23-13-6-4-3-5-7-13/h8-13H,3-7H2,1-2H3,(H,23,24)(H,20,21,22). The second-order valence-electron chi connectivity index (χ2n) is 6.29. The molecule has 0 radical (unpaired) electrons. The summed E-state index contributed by atoms with van der Waals surface area (Å²) in [5, 5.41) is 6.23. The van der Waals surface area contributed by atoms with E-state index in [0.29, 0.717) is 23.0 Å². The topological polar surface area (TPSA) is 85.4 Å². The van der Waals surface area contributed by atoms with Crippen LogP contribution in [0.15, 0.2) is 30.6 Å². The molecule has 1 fully saturated rings. The van der Waals surface area contributed by atoms with Crippen LogP contribution in [-0.4, -0.2) is 36.1 Å². The van der Waals surface area contributed by atoms with Gasteiger partial charge in [-0.15, -0.1) is 0 Å². The Balaban J connectivity index is 1.69. The number of methoxy groups -OCH3 is 2. The number of rotatable bonds is 6. The molecule has 3 rings (SSSR count). The van der Waals surface area contributed by atoms with Crippen LogP contribution in [0.25, 0.3) is 0 Å². The van der Waals surface area contributed by atoms with Gasteiger partial charge in [0.1, 0.15) is 17.8 Å². The maximum atomic E-state index is 12.4. The Bertz CT molecular complexity index is 760. The van der Waals surface area contributed by atoms with Crippen LogP contribution in [0.4, 0.5) is 11.5 Å². The molecule has 0 atom stereocenters. The van der Waals surface area contributed by atoms with Gasteiger partial charge in [0.05, 0.1) is 14.2 Å². The Morgan fingerprint density at radius 3 is 2.54 bits per heavy atom. The highest BCUT2D eigenvalue weighted by Crippen LogP contribution is 2.30. The summed E-state index contributed by atoms with van der Waals surface area (Å²) >= 11 is 0. The number of ether oxygens (including phenoxy) is 2. The van der Waals surface area contributed by atoms with Crippen LogP contribution in [0.1, 0.15) is 42.6 Å². The van der Waals surface area contributed by atoms with Crippen molar-refractivity contribution in [2.75, 3.05) is 19.5 Å². The molecule has 0 aliphatic heterocycles. The molecule has 26 heavy (non-hydrogen) atoms. The molecule has 2 aromatic rings. The zero-order valence-electron chi connectivity index (χ0n) is 15.1. The molecule has 1 heterocycles. The van der Waals surface area contributed by atoms with Gasteiger partial charge in [-0.05, 0) is 25.0 Å². The largest absolute Gasteiger partial charge is 0.493 e. The first-order chi connectivity index (χ1) is 12.7. The number of amides is 1. The summed E-state index contributed by atoms with van der Waals surface area (Å²) in [4.78, 5) is 20.7. The third kappa shape index (κ3) is 4.41. The number of anilines is 2. The Morgan fingerprint density at radius 1 is 1.04 bits per heavy atom. The van der Waals surface area contributed by atoms with E-state index < -0.39 is 0 Å². The van der Waals surface area contributed by atoms with Crippen LogP contribution < -0.4 is 20.1 Å².